The summed E-state index contributed by atoms with van der Waals surface area (Å²) in [4.78, 5) is 33.0. The van der Waals surface area contributed by atoms with Crippen molar-refractivity contribution in [1.82, 2.24) is 4.90 Å². The summed E-state index contributed by atoms with van der Waals surface area (Å²) in [6.07, 6.45) is 1.66. The molecule has 2 aliphatic heterocycles. The molecule has 0 atom stereocenters. The van der Waals surface area contributed by atoms with Gasteiger partial charge in [-0.25, -0.2) is 9.18 Å². The molecule has 0 aromatic heterocycles. The maximum absolute atomic E-state index is 14.6. The maximum atomic E-state index is 14.6. The fraction of sp³-hybridized carbons (Fsp3) is 0.333. The smallest absolute Gasteiger partial charge is 0.415 e. The molecule has 2 aliphatic rings. The minimum absolute atomic E-state index is 0.170. The van der Waals surface area contributed by atoms with Crippen molar-refractivity contribution in [1.29, 1.82) is 0 Å². The Morgan fingerprint density at radius 1 is 0.946 bits per heavy atom. The first-order valence-corrected chi connectivity index (χ1v) is 12.4. The Labute approximate surface area is 216 Å². The molecule has 7 heteroatoms. The highest BCUT2D eigenvalue weighted by Crippen LogP contribution is 2.36. The third kappa shape index (κ3) is 5.79. The summed E-state index contributed by atoms with van der Waals surface area (Å²) in [5.41, 5.74) is 6.48. The summed E-state index contributed by atoms with van der Waals surface area (Å²) in [7, 11) is 0. The van der Waals surface area contributed by atoms with Crippen molar-refractivity contribution in [3.8, 4) is 11.1 Å². The molecule has 5 rings (SSSR count). The van der Waals surface area contributed by atoms with Crippen LogP contribution < -0.4 is 4.90 Å². The fourth-order valence-corrected chi connectivity index (χ4v) is 5.46. The molecule has 0 unspecified atom stereocenters. The molecule has 0 bridgehead atoms. The van der Waals surface area contributed by atoms with Crippen LogP contribution in [0.3, 0.4) is 0 Å². The van der Waals surface area contributed by atoms with Gasteiger partial charge in [-0.3, -0.25) is 9.80 Å². The van der Waals surface area contributed by atoms with Crippen molar-refractivity contribution < 1.29 is 23.5 Å². The van der Waals surface area contributed by atoms with Crippen molar-refractivity contribution in [2.24, 2.45) is 0 Å². The van der Waals surface area contributed by atoms with Crippen molar-refractivity contribution in [2.75, 3.05) is 24.5 Å². The first kappa shape index (κ1) is 26.3. The number of para-hydroxylation sites is 1. The molecule has 1 spiro atoms. The number of piperidine rings is 1. The number of carbonyl (C=O) groups is 1. The normalized spacial score (nSPS) is 16.6. The molecule has 3 aromatic rings. The van der Waals surface area contributed by atoms with Gasteiger partial charge in [0, 0.05) is 43.7 Å². The highest BCUT2D eigenvalue weighted by molar-refractivity contribution is 5.90. The van der Waals surface area contributed by atoms with Crippen LogP contribution in [-0.4, -0.2) is 42.4 Å². The lowest BCUT2D eigenvalue weighted by molar-refractivity contribution is -0.191. The molecule has 2 heterocycles. The summed E-state index contributed by atoms with van der Waals surface area (Å²) >= 11 is 0. The molecule has 0 radical (unpaired) electrons. The van der Waals surface area contributed by atoms with Crippen molar-refractivity contribution in [3.05, 3.63) is 88.7 Å². The van der Waals surface area contributed by atoms with E-state index in [1.54, 1.807) is 11.0 Å². The highest BCUT2D eigenvalue weighted by Gasteiger charge is 2.47. The summed E-state index contributed by atoms with van der Waals surface area (Å²) < 4.78 is 20.5. The molecule has 0 N–H and O–H groups in total. The molecule has 2 fully saturated rings. The van der Waals surface area contributed by atoms with E-state index in [1.807, 2.05) is 49.4 Å². The number of hydrogen-bond donors (Lipinski definition) is 0. The van der Waals surface area contributed by atoms with Gasteiger partial charge in [0.05, 0.1) is 6.54 Å². The molecule has 3 aromatic carbocycles. The Hall–Kier alpha value is -3.80. The molecular formula is C30H31FN2O4. The van der Waals surface area contributed by atoms with Crippen LogP contribution in [0.2, 0.25) is 0 Å². The molecule has 6 nitrogen and oxygen atoms in total. The number of anilines is 1. The van der Waals surface area contributed by atoms with Crippen LogP contribution in [0, 0.1) is 26.6 Å². The maximum Gasteiger partial charge on any atom is 0.415 e. The quantitative estimate of drug-likeness (QED) is 0.449. The number of aryl methyl sites for hydroxylation is 3. The van der Waals surface area contributed by atoms with Crippen LogP contribution >= 0.6 is 0 Å². The molecular weight excluding hydrogens is 471 g/mol. The van der Waals surface area contributed by atoms with Crippen molar-refractivity contribution >= 4 is 17.9 Å². The number of rotatable bonds is 4. The molecule has 0 saturated carbocycles. The van der Waals surface area contributed by atoms with Gasteiger partial charge in [-0.15, -0.1) is 0 Å². The molecule has 37 heavy (non-hydrogen) atoms. The van der Waals surface area contributed by atoms with Gasteiger partial charge in [-0.05, 0) is 66.8 Å². The Morgan fingerprint density at radius 2 is 1.57 bits per heavy atom. The lowest BCUT2D eigenvalue weighted by Gasteiger charge is -2.37. The lowest BCUT2D eigenvalue weighted by atomic mass is 9.90. The van der Waals surface area contributed by atoms with Gasteiger partial charge in [0.1, 0.15) is 11.4 Å². The van der Waals surface area contributed by atoms with E-state index >= 15 is 0 Å². The minimum Gasteiger partial charge on any atom is -0.441 e. The average Bonchev–Trinajstić information content (AvgIpc) is 3.18. The number of amides is 1. The molecule has 1 amide bonds. The van der Waals surface area contributed by atoms with E-state index in [1.165, 1.54) is 5.56 Å². The Bertz CT molecular complexity index is 1290. The zero-order chi connectivity index (χ0) is 26.6. The van der Waals surface area contributed by atoms with Gasteiger partial charge in [0.2, 0.25) is 0 Å². The first-order valence-electron chi connectivity index (χ1n) is 12.4. The van der Waals surface area contributed by atoms with Crippen molar-refractivity contribution in [2.45, 2.75) is 45.8 Å². The summed E-state index contributed by atoms with van der Waals surface area (Å²) in [5, 5.41) is 0. The van der Waals surface area contributed by atoms with Gasteiger partial charge in [0.25, 0.3) is 0 Å². The van der Waals surface area contributed by atoms with Crippen LogP contribution in [-0.2, 0) is 20.9 Å². The lowest BCUT2D eigenvalue weighted by Crippen LogP contribution is -2.46. The second-order valence-electron chi connectivity index (χ2n) is 9.92. The van der Waals surface area contributed by atoms with Gasteiger partial charge in [-0.2, -0.15) is 9.59 Å². The van der Waals surface area contributed by atoms with E-state index in [9.17, 15) is 9.18 Å². The third-order valence-electron chi connectivity index (χ3n) is 7.20. The zero-order valence-corrected chi connectivity index (χ0v) is 21.4. The topological polar surface area (TPSA) is 66.9 Å². The van der Waals surface area contributed by atoms with Gasteiger partial charge in [-0.1, -0.05) is 42.5 Å². The first-order chi connectivity index (χ1) is 17.7. The monoisotopic (exact) mass is 502 g/mol. The van der Waals surface area contributed by atoms with Crippen LogP contribution in [0.25, 0.3) is 11.1 Å². The van der Waals surface area contributed by atoms with Gasteiger partial charge < -0.3 is 4.74 Å². The molecule has 2 saturated heterocycles. The zero-order valence-electron chi connectivity index (χ0n) is 21.4. The minimum atomic E-state index is -0.401. The summed E-state index contributed by atoms with van der Waals surface area (Å²) in [5.74, 6) is -0.170. The summed E-state index contributed by atoms with van der Waals surface area (Å²) in [6, 6.07) is 19.5. The van der Waals surface area contributed by atoms with Gasteiger partial charge >= 0.3 is 12.2 Å². The number of ether oxygens (including phenoxy) is 1. The number of nitrogens with zero attached hydrogens (tertiary/aromatic N) is 2. The number of carbonyl (C=O) groups excluding carboxylic acids is 3. The van der Waals surface area contributed by atoms with E-state index in [-0.39, 0.29) is 18.1 Å². The standard InChI is InChI=1S/C29H31FN2O2.CO2/c1-20-9-10-25(26(30)15-20)27-21(2)16-23(17-22(27)3)18-31-13-11-29(12-14-31)19-32(28(33)34-29)24-7-5-4-6-8-24;2-1-3/h4-10,15-17H,11-14,18-19H2,1-3H3;. The van der Waals surface area contributed by atoms with E-state index in [0.29, 0.717) is 12.1 Å². The molecule has 0 aliphatic carbocycles. The Morgan fingerprint density at radius 3 is 2.16 bits per heavy atom. The summed E-state index contributed by atoms with van der Waals surface area (Å²) in [6.45, 7) is 9.23. The van der Waals surface area contributed by atoms with Crippen LogP contribution in [0.15, 0.2) is 60.7 Å². The Kier molecular flexibility index (Phi) is 7.86. The Balaban J connectivity index is 0.00000102. The third-order valence-corrected chi connectivity index (χ3v) is 7.20. The van der Waals surface area contributed by atoms with E-state index in [2.05, 4.69) is 30.9 Å². The number of hydrogen-bond acceptors (Lipinski definition) is 5. The van der Waals surface area contributed by atoms with E-state index < -0.39 is 5.60 Å². The van der Waals surface area contributed by atoms with Crippen molar-refractivity contribution in [3.63, 3.8) is 0 Å². The highest BCUT2D eigenvalue weighted by atomic mass is 19.1. The predicted octanol–water partition coefficient (Wildman–Crippen LogP) is 5.83. The van der Waals surface area contributed by atoms with Crippen LogP contribution in [0.5, 0.6) is 0 Å². The number of likely N-dealkylation sites (tertiary alicyclic amines) is 1. The average molecular weight is 503 g/mol. The SMILES string of the molecule is Cc1ccc(-c2c(C)cc(CN3CCC4(CC3)CN(c3ccccc3)C(=O)O4)cc2C)c(F)c1.O=C=O. The number of halogens is 1. The second-order valence-corrected chi connectivity index (χ2v) is 9.92. The molecule has 192 valence electrons. The van der Waals surface area contributed by atoms with Crippen LogP contribution in [0.4, 0.5) is 14.9 Å². The van der Waals surface area contributed by atoms with E-state index in [4.69, 9.17) is 14.3 Å². The van der Waals surface area contributed by atoms with Gasteiger partial charge in [0.15, 0.2) is 0 Å². The largest absolute Gasteiger partial charge is 0.441 e. The predicted molar refractivity (Wildman–Crippen MR) is 139 cm³/mol. The second kappa shape index (κ2) is 11.1. The van der Waals surface area contributed by atoms with Crippen LogP contribution in [0.1, 0.15) is 35.1 Å². The van der Waals surface area contributed by atoms with E-state index in [0.717, 1.165) is 60.4 Å². The number of benzene rings is 3. The fourth-order valence-electron chi connectivity index (χ4n) is 5.46.